The van der Waals surface area contributed by atoms with Gasteiger partial charge in [0.25, 0.3) is 0 Å². The number of sulfonamides is 1. The van der Waals surface area contributed by atoms with Gasteiger partial charge in [-0.1, -0.05) is 29.8 Å². The maximum atomic E-state index is 13.2. The van der Waals surface area contributed by atoms with Gasteiger partial charge in [0.05, 0.1) is 14.7 Å². The normalized spacial score (nSPS) is 15.3. The Bertz CT molecular complexity index is 1450. The number of anilines is 1. The van der Waals surface area contributed by atoms with E-state index in [1.54, 1.807) is 30.3 Å². The summed E-state index contributed by atoms with van der Waals surface area (Å²) in [6.07, 6.45) is 0. The van der Waals surface area contributed by atoms with Crippen LogP contribution < -0.4 is 9.64 Å². The topological polar surface area (TPSA) is 84.0 Å². The summed E-state index contributed by atoms with van der Waals surface area (Å²) < 4.78 is 83.4. The van der Waals surface area contributed by atoms with Gasteiger partial charge in [-0.15, -0.1) is 0 Å². The molecule has 3 aromatic rings. The molecular formula is C25H26F2N2O5S2. The minimum atomic E-state index is -4.01. The van der Waals surface area contributed by atoms with Gasteiger partial charge in [0.1, 0.15) is 5.75 Å². The Morgan fingerprint density at radius 2 is 1.39 bits per heavy atom. The molecule has 4 rings (SSSR count). The average Bonchev–Trinajstić information content (AvgIpc) is 2.84. The number of nitrogens with zero attached hydrogens (tertiary/aromatic N) is 2. The fraction of sp³-hybridized carbons (Fsp3) is 0.280. The molecule has 1 fully saturated rings. The molecule has 3 aromatic carbocycles. The fourth-order valence-electron chi connectivity index (χ4n) is 4.08. The molecule has 0 atom stereocenters. The van der Waals surface area contributed by atoms with Gasteiger partial charge >= 0.3 is 6.61 Å². The van der Waals surface area contributed by atoms with Crippen molar-refractivity contribution in [3.05, 3.63) is 77.9 Å². The standard InChI is InChI=1S/C25H26F2N2O5S2/c1-18-6-9-21(10-7-18)36(32,33)29-14-12-28(13-15-29)24-17-23(11-8-19(24)2)35(30,31)22-5-3-4-20(16-22)34-25(26)27/h3-11,16-17,25H,12-15H2,1-2H3. The third kappa shape index (κ3) is 5.37. The first-order valence-electron chi connectivity index (χ1n) is 11.2. The van der Waals surface area contributed by atoms with Gasteiger partial charge in [0, 0.05) is 31.9 Å². The maximum Gasteiger partial charge on any atom is 0.387 e. The molecule has 0 spiro atoms. The lowest BCUT2D eigenvalue weighted by molar-refractivity contribution is -0.0499. The van der Waals surface area contributed by atoms with Gasteiger partial charge in [-0.2, -0.15) is 13.1 Å². The highest BCUT2D eigenvalue weighted by Crippen LogP contribution is 2.31. The molecule has 7 nitrogen and oxygen atoms in total. The minimum absolute atomic E-state index is 0.00648. The van der Waals surface area contributed by atoms with Crippen LogP contribution in [0, 0.1) is 13.8 Å². The lowest BCUT2D eigenvalue weighted by Gasteiger charge is -2.36. The number of hydrogen-bond acceptors (Lipinski definition) is 6. The molecule has 0 unspecified atom stereocenters. The summed E-state index contributed by atoms with van der Waals surface area (Å²) in [6, 6.07) is 16.4. The fourth-order valence-corrected chi connectivity index (χ4v) is 6.82. The number of alkyl halides is 2. The molecule has 0 saturated carbocycles. The number of sulfone groups is 1. The van der Waals surface area contributed by atoms with Crippen molar-refractivity contribution in [2.75, 3.05) is 31.1 Å². The Balaban J connectivity index is 1.55. The summed E-state index contributed by atoms with van der Waals surface area (Å²) in [6.45, 7) is 1.93. The minimum Gasteiger partial charge on any atom is -0.435 e. The number of ether oxygens (including phenoxy) is 1. The van der Waals surface area contributed by atoms with Gasteiger partial charge < -0.3 is 9.64 Å². The zero-order valence-electron chi connectivity index (χ0n) is 19.8. The number of piperazine rings is 1. The molecule has 0 bridgehead atoms. The number of aryl methyl sites for hydroxylation is 2. The molecule has 0 aromatic heterocycles. The van der Waals surface area contributed by atoms with E-state index in [2.05, 4.69) is 4.74 Å². The summed E-state index contributed by atoms with van der Waals surface area (Å²) in [4.78, 5) is 2.03. The van der Waals surface area contributed by atoms with E-state index < -0.39 is 26.5 Å². The van der Waals surface area contributed by atoms with Crippen molar-refractivity contribution in [3.8, 4) is 5.75 Å². The van der Waals surface area contributed by atoms with Crippen LogP contribution in [0.4, 0.5) is 14.5 Å². The zero-order valence-corrected chi connectivity index (χ0v) is 21.4. The van der Waals surface area contributed by atoms with Gasteiger partial charge in [-0.25, -0.2) is 16.8 Å². The van der Waals surface area contributed by atoms with Crippen LogP contribution >= 0.6 is 0 Å². The first-order valence-corrected chi connectivity index (χ1v) is 14.1. The van der Waals surface area contributed by atoms with E-state index >= 15 is 0 Å². The second kappa shape index (κ2) is 10.2. The van der Waals surface area contributed by atoms with E-state index in [1.165, 1.54) is 34.6 Å². The van der Waals surface area contributed by atoms with Gasteiger partial charge in [0.15, 0.2) is 0 Å². The summed E-state index contributed by atoms with van der Waals surface area (Å²) in [5.41, 5.74) is 2.47. The number of halogens is 2. The summed E-state index contributed by atoms with van der Waals surface area (Å²) in [7, 11) is -7.64. The SMILES string of the molecule is Cc1ccc(S(=O)(=O)N2CCN(c3cc(S(=O)(=O)c4cccc(OC(F)F)c4)ccc3C)CC2)cc1. The Kier molecular flexibility index (Phi) is 7.35. The predicted molar refractivity (Wildman–Crippen MR) is 132 cm³/mol. The van der Waals surface area contributed by atoms with Crippen molar-refractivity contribution < 1.29 is 30.4 Å². The van der Waals surface area contributed by atoms with Crippen LogP contribution in [0.25, 0.3) is 0 Å². The van der Waals surface area contributed by atoms with Crippen LogP contribution in [0.15, 0.2) is 81.4 Å². The van der Waals surface area contributed by atoms with Crippen LogP contribution in [0.2, 0.25) is 0 Å². The van der Waals surface area contributed by atoms with Crippen molar-refractivity contribution >= 4 is 25.5 Å². The third-order valence-corrected chi connectivity index (χ3v) is 9.73. The second-order valence-electron chi connectivity index (χ2n) is 8.51. The van der Waals surface area contributed by atoms with Crippen molar-refractivity contribution in [1.82, 2.24) is 4.31 Å². The molecule has 192 valence electrons. The van der Waals surface area contributed by atoms with E-state index in [9.17, 15) is 25.6 Å². The summed E-state index contributed by atoms with van der Waals surface area (Å²) in [5, 5.41) is 0. The Hall–Kier alpha value is -3.02. The highest BCUT2D eigenvalue weighted by atomic mass is 32.2. The largest absolute Gasteiger partial charge is 0.435 e. The lowest BCUT2D eigenvalue weighted by Crippen LogP contribution is -2.48. The van der Waals surface area contributed by atoms with E-state index in [0.717, 1.165) is 17.2 Å². The smallest absolute Gasteiger partial charge is 0.387 e. The van der Waals surface area contributed by atoms with Crippen LogP contribution in [0.3, 0.4) is 0 Å². The molecule has 0 radical (unpaired) electrons. The number of benzene rings is 3. The van der Waals surface area contributed by atoms with Gasteiger partial charge in [-0.05, 0) is 61.9 Å². The molecule has 0 N–H and O–H groups in total. The molecule has 0 aliphatic carbocycles. The van der Waals surface area contributed by atoms with E-state index in [-0.39, 0.29) is 33.5 Å². The molecule has 0 amide bonds. The molecule has 1 aliphatic heterocycles. The molecule has 1 aliphatic rings. The van der Waals surface area contributed by atoms with Crippen molar-refractivity contribution in [2.24, 2.45) is 0 Å². The molecule has 1 heterocycles. The van der Waals surface area contributed by atoms with Crippen molar-refractivity contribution in [1.29, 1.82) is 0 Å². The highest BCUT2D eigenvalue weighted by Gasteiger charge is 2.29. The first-order chi connectivity index (χ1) is 17.0. The third-order valence-electron chi connectivity index (χ3n) is 6.07. The van der Waals surface area contributed by atoms with Crippen LogP contribution in [0.5, 0.6) is 5.75 Å². The highest BCUT2D eigenvalue weighted by molar-refractivity contribution is 7.91. The quantitative estimate of drug-likeness (QED) is 0.449. The Labute approximate surface area is 209 Å². The van der Waals surface area contributed by atoms with Crippen LogP contribution in [-0.2, 0) is 19.9 Å². The lowest BCUT2D eigenvalue weighted by atomic mass is 10.1. The van der Waals surface area contributed by atoms with E-state index in [1.807, 2.05) is 18.7 Å². The molecule has 36 heavy (non-hydrogen) atoms. The predicted octanol–water partition coefficient (Wildman–Crippen LogP) is 4.25. The molecule has 11 heteroatoms. The molecule has 1 saturated heterocycles. The Morgan fingerprint density at radius 3 is 2.03 bits per heavy atom. The van der Waals surface area contributed by atoms with Gasteiger partial charge in [-0.3, -0.25) is 0 Å². The molecular weight excluding hydrogens is 510 g/mol. The zero-order chi connectivity index (χ0) is 26.1. The van der Waals surface area contributed by atoms with Gasteiger partial charge in [0.2, 0.25) is 19.9 Å². The Morgan fingerprint density at radius 1 is 0.778 bits per heavy atom. The maximum absolute atomic E-state index is 13.2. The number of rotatable bonds is 7. The second-order valence-corrected chi connectivity index (χ2v) is 12.4. The number of hydrogen-bond donors (Lipinski definition) is 0. The van der Waals surface area contributed by atoms with E-state index in [4.69, 9.17) is 0 Å². The van der Waals surface area contributed by atoms with Crippen LogP contribution in [0.1, 0.15) is 11.1 Å². The average molecular weight is 537 g/mol. The summed E-state index contributed by atoms with van der Waals surface area (Å²) >= 11 is 0. The van der Waals surface area contributed by atoms with Crippen LogP contribution in [-0.4, -0.2) is 53.9 Å². The first kappa shape index (κ1) is 26.1. The van der Waals surface area contributed by atoms with E-state index in [0.29, 0.717) is 18.8 Å². The van der Waals surface area contributed by atoms with Crippen molar-refractivity contribution in [2.45, 2.75) is 35.1 Å². The monoisotopic (exact) mass is 536 g/mol. The summed E-state index contributed by atoms with van der Waals surface area (Å²) in [5.74, 6) is -0.246. The van der Waals surface area contributed by atoms with Crippen molar-refractivity contribution in [3.63, 3.8) is 0 Å².